The number of nitrogens with zero attached hydrogens (tertiary/aromatic N) is 5. The molecule has 2 rings (SSSR count). The van der Waals surface area contributed by atoms with Gasteiger partial charge in [0.15, 0.2) is 0 Å². The number of nitrogens with one attached hydrogen (secondary N) is 1. The molecule has 8 heteroatoms. The number of hydrogen-bond acceptors (Lipinski definition) is 6. The highest BCUT2D eigenvalue weighted by Gasteiger charge is 2.06. The van der Waals surface area contributed by atoms with E-state index in [0.29, 0.717) is 5.95 Å². The number of aromatic nitrogens is 5. The molecule has 0 fully saturated rings. The standard InChI is InChI=1S/C9H11ClN6O/c1-3-16-5-6(4-11-16)12-8-13-7(10)14-9(15-8)17-2/h4-5H,3H2,1-2H3,(H,12,13,14,15). The molecule has 0 saturated carbocycles. The van der Waals surface area contributed by atoms with Gasteiger partial charge in [0, 0.05) is 12.7 Å². The van der Waals surface area contributed by atoms with E-state index < -0.39 is 0 Å². The van der Waals surface area contributed by atoms with Crippen LogP contribution in [0.3, 0.4) is 0 Å². The Hall–Kier alpha value is -1.89. The predicted molar refractivity (Wildman–Crippen MR) is 62.6 cm³/mol. The van der Waals surface area contributed by atoms with Crippen LogP contribution >= 0.6 is 11.6 Å². The van der Waals surface area contributed by atoms with Gasteiger partial charge in [-0.05, 0) is 18.5 Å². The van der Waals surface area contributed by atoms with Crippen LogP contribution in [0.15, 0.2) is 12.4 Å². The van der Waals surface area contributed by atoms with Crippen molar-refractivity contribution in [2.45, 2.75) is 13.5 Å². The van der Waals surface area contributed by atoms with Gasteiger partial charge in [-0.15, -0.1) is 0 Å². The van der Waals surface area contributed by atoms with Crippen molar-refractivity contribution in [2.24, 2.45) is 0 Å². The highest BCUT2D eigenvalue weighted by molar-refractivity contribution is 6.28. The number of anilines is 2. The van der Waals surface area contributed by atoms with E-state index in [1.807, 2.05) is 13.1 Å². The second kappa shape index (κ2) is 4.96. The molecule has 2 aromatic rings. The lowest BCUT2D eigenvalue weighted by Crippen LogP contribution is -2.01. The van der Waals surface area contributed by atoms with Gasteiger partial charge in [-0.2, -0.15) is 20.1 Å². The van der Waals surface area contributed by atoms with E-state index in [1.54, 1.807) is 10.9 Å². The first-order valence-electron chi connectivity index (χ1n) is 4.96. The summed E-state index contributed by atoms with van der Waals surface area (Å²) in [5.41, 5.74) is 0.774. The van der Waals surface area contributed by atoms with Gasteiger partial charge < -0.3 is 10.1 Å². The molecule has 0 aliphatic carbocycles. The molecule has 2 heterocycles. The third-order valence-electron chi connectivity index (χ3n) is 1.98. The minimum Gasteiger partial charge on any atom is -0.467 e. The molecule has 17 heavy (non-hydrogen) atoms. The summed E-state index contributed by atoms with van der Waals surface area (Å²) in [6.07, 6.45) is 3.51. The van der Waals surface area contributed by atoms with Gasteiger partial charge in [0.25, 0.3) is 0 Å². The average molecular weight is 255 g/mol. The van der Waals surface area contributed by atoms with Crippen molar-refractivity contribution in [3.63, 3.8) is 0 Å². The lowest BCUT2D eigenvalue weighted by Gasteiger charge is -2.03. The first-order valence-corrected chi connectivity index (χ1v) is 5.34. The molecule has 0 spiro atoms. The van der Waals surface area contributed by atoms with E-state index in [-0.39, 0.29) is 11.3 Å². The Balaban J connectivity index is 2.20. The van der Waals surface area contributed by atoms with Gasteiger partial charge in [0.05, 0.1) is 19.0 Å². The van der Waals surface area contributed by atoms with Gasteiger partial charge in [0.1, 0.15) is 0 Å². The Morgan fingerprint density at radius 2 is 2.24 bits per heavy atom. The van der Waals surface area contributed by atoms with Crippen molar-refractivity contribution in [2.75, 3.05) is 12.4 Å². The molecule has 0 aromatic carbocycles. The Morgan fingerprint density at radius 1 is 1.41 bits per heavy atom. The quantitative estimate of drug-likeness (QED) is 0.891. The fourth-order valence-corrected chi connectivity index (χ4v) is 1.36. The summed E-state index contributed by atoms with van der Waals surface area (Å²) in [5.74, 6) is 0.317. The number of halogens is 1. The molecule has 0 amide bonds. The van der Waals surface area contributed by atoms with Gasteiger partial charge in [-0.3, -0.25) is 4.68 Å². The zero-order valence-electron chi connectivity index (χ0n) is 9.38. The molecule has 1 N–H and O–H groups in total. The van der Waals surface area contributed by atoms with E-state index in [9.17, 15) is 0 Å². The van der Waals surface area contributed by atoms with Gasteiger partial charge in [0.2, 0.25) is 11.2 Å². The molecular weight excluding hydrogens is 244 g/mol. The predicted octanol–water partition coefficient (Wildman–Crippen LogP) is 1.49. The molecule has 0 radical (unpaired) electrons. The first kappa shape index (κ1) is 11.6. The minimum atomic E-state index is 0.0715. The summed E-state index contributed by atoms with van der Waals surface area (Å²) < 4.78 is 6.67. The highest BCUT2D eigenvalue weighted by Crippen LogP contribution is 2.15. The van der Waals surface area contributed by atoms with Crippen molar-refractivity contribution in [3.8, 4) is 6.01 Å². The summed E-state index contributed by atoms with van der Waals surface area (Å²) in [7, 11) is 1.46. The van der Waals surface area contributed by atoms with Crippen LogP contribution in [0.25, 0.3) is 0 Å². The van der Waals surface area contributed by atoms with Gasteiger partial charge in [-0.25, -0.2) is 0 Å². The number of ether oxygens (including phenoxy) is 1. The van der Waals surface area contributed by atoms with Gasteiger partial charge >= 0.3 is 6.01 Å². The van der Waals surface area contributed by atoms with Crippen LogP contribution in [-0.4, -0.2) is 31.8 Å². The second-order valence-corrected chi connectivity index (χ2v) is 3.46. The van der Waals surface area contributed by atoms with E-state index in [1.165, 1.54) is 7.11 Å². The zero-order valence-corrected chi connectivity index (χ0v) is 10.1. The van der Waals surface area contributed by atoms with Crippen LogP contribution in [0.5, 0.6) is 6.01 Å². The number of rotatable bonds is 4. The fourth-order valence-electron chi connectivity index (χ4n) is 1.21. The monoisotopic (exact) mass is 254 g/mol. The van der Waals surface area contributed by atoms with Crippen molar-refractivity contribution in [3.05, 3.63) is 17.7 Å². The van der Waals surface area contributed by atoms with Crippen LogP contribution in [0.4, 0.5) is 11.6 Å². The Labute approximate surface area is 103 Å². The third-order valence-corrected chi connectivity index (χ3v) is 2.15. The van der Waals surface area contributed by atoms with E-state index in [0.717, 1.165) is 12.2 Å². The first-order chi connectivity index (χ1) is 8.21. The summed E-state index contributed by atoms with van der Waals surface area (Å²) in [6.45, 7) is 2.79. The largest absolute Gasteiger partial charge is 0.467 e. The fraction of sp³-hybridized carbons (Fsp3) is 0.333. The molecule has 0 aliphatic rings. The van der Waals surface area contributed by atoms with Crippen molar-refractivity contribution < 1.29 is 4.74 Å². The SMILES string of the molecule is CCn1cc(Nc2nc(Cl)nc(OC)n2)cn1. The lowest BCUT2D eigenvalue weighted by molar-refractivity contribution is 0.379. The maximum Gasteiger partial charge on any atom is 0.322 e. The lowest BCUT2D eigenvalue weighted by atomic mass is 10.5. The maximum atomic E-state index is 5.72. The van der Waals surface area contributed by atoms with Crippen molar-refractivity contribution in [1.29, 1.82) is 0 Å². The Bertz CT molecular complexity index is 514. The van der Waals surface area contributed by atoms with Crippen LogP contribution < -0.4 is 10.1 Å². The second-order valence-electron chi connectivity index (χ2n) is 3.12. The molecular formula is C9H11ClN6O. The van der Waals surface area contributed by atoms with Crippen LogP contribution in [0, 0.1) is 0 Å². The summed E-state index contributed by atoms with van der Waals surface area (Å²) in [5, 5.41) is 7.15. The topological polar surface area (TPSA) is 77.8 Å². The average Bonchev–Trinajstić information content (AvgIpc) is 2.76. The summed E-state index contributed by atoms with van der Waals surface area (Å²) in [4.78, 5) is 11.7. The molecule has 2 aromatic heterocycles. The van der Waals surface area contributed by atoms with Crippen LogP contribution in [0.1, 0.15) is 6.92 Å². The highest BCUT2D eigenvalue weighted by atomic mass is 35.5. The summed E-state index contributed by atoms with van der Waals surface area (Å²) >= 11 is 5.72. The molecule has 0 unspecified atom stereocenters. The third kappa shape index (κ3) is 2.82. The Morgan fingerprint density at radius 3 is 2.88 bits per heavy atom. The molecule has 0 saturated heterocycles. The van der Waals surface area contributed by atoms with Crippen molar-refractivity contribution in [1.82, 2.24) is 24.7 Å². The normalized spacial score (nSPS) is 10.3. The Kier molecular flexibility index (Phi) is 3.38. The van der Waals surface area contributed by atoms with Crippen LogP contribution in [0.2, 0.25) is 5.28 Å². The van der Waals surface area contributed by atoms with Gasteiger partial charge in [-0.1, -0.05) is 0 Å². The van der Waals surface area contributed by atoms with E-state index in [4.69, 9.17) is 16.3 Å². The van der Waals surface area contributed by atoms with E-state index >= 15 is 0 Å². The van der Waals surface area contributed by atoms with Crippen LogP contribution in [-0.2, 0) is 6.54 Å². The molecule has 0 aliphatic heterocycles. The molecule has 0 bridgehead atoms. The number of aryl methyl sites for hydroxylation is 1. The number of methoxy groups -OCH3 is 1. The minimum absolute atomic E-state index is 0.0715. The molecule has 0 atom stereocenters. The smallest absolute Gasteiger partial charge is 0.322 e. The zero-order chi connectivity index (χ0) is 12.3. The molecule has 7 nitrogen and oxygen atoms in total. The van der Waals surface area contributed by atoms with Crippen molar-refractivity contribution >= 4 is 23.2 Å². The number of hydrogen-bond donors (Lipinski definition) is 1. The summed E-state index contributed by atoms with van der Waals surface area (Å²) in [6, 6.07) is 0.162. The maximum absolute atomic E-state index is 5.72. The molecule has 90 valence electrons. The van der Waals surface area contributed by atoms with E-state index in [2.05, 4.69) is 25.4 Å².